The molecule has 4 heterocycles. The van der Waals surface area contributed by atoms with Crippen LogP contribution >= 0.6 is 23.4 Å². The maximum atomic E-state index is 14.3. The summed E-state index contributed by atoms with van der Waals surface area (Å²) >= 11 is 7.90. The maximum absolute atomic E-state index is 14.3. The highest BCUT2D eigenvalue weighted by atomic mass is 35.5. The summed E-state index contributed by atoms with van der Waals surface area (Å²) in [5.41, 5.74) is -1.11. The van der Waals surface area contributed by atoms with Crippen molar-refractivity contribution in [3.05, 3.63) is 76.3 Å². The molecule has 6 rings (SSSR count). The minimum atomic E-state index is -1.89. The molecule has 3 fully saturated rings. The van der Waals surface area contributed by atoms with E-state index in [2.05, 4.69) is 5.32 Å². The van der Waals surface area contributed by atoms with E-state index in [1.807, 2.05) is 13.0 Å². The van der Waals surface area contributed by atoms with Crippen LogP contribution in [0.4, 0.5) is 16.2 Å². The topological polar surface area (TPSA) is 234 Å². The van der Waals surface area contributed by atoms with Gasteiger partial charge in [-0.1, -0.05) is 54.5 Å². The summed E-state index contributed by atoms with van der Waals surface area (Å²) in [6.45, 7) is 6.78. The van der Waals surface area contributed by atoms with Crippen molar-refractivity contribution in [2.24, 2.45) is 5.92 Å². The quantitative estimate of drug-likeness (QED) is 0.187. The molecule has 66 heavy (non-hydrogen) atoms. The van der Waals surface area contributed by atoms with Gasteiger partial charge in [-0.05, 0) is 62.6 Å². The molecule has 18 nitrogen and oxygen atoms in total. The number of hydrogen-bond acceptors (Lipinski definition) is 15. The van der Waals surface area contributed by atoms with E-state index in [-0.39, 0.29) is 41.3 Å². The summed E-state index contributed by atoms with van der Waals surface area (Å²) < 4.78 is 29.3. The van der Waals surface area contributed by atoms with Gasteiger partial charge in [0.15, 0.2) is 5.72 Å². The molecule has 9 atom stereocenters. The highest BCUT2D eigenvalue weighted by molar-refractivity contribution is 8.00. The first-order valence-corrected chi connectivity index (χ1v) is 22.7. The smallest absolute Gasteiger partial charge is 0.409 e. The van der Waals surface area contributed by atoms with Gasteiger partial charge in [0.1, 0.15) is 40.7 Å². The van der Waals surface area contributed by atoms with E-state index in [9.17, 15) is 43.8 Å². The number of aliphatic hydroxyl groups is 1. The van der Waals surface area contributed by atoms with Crippen LogP contribution in [0.2, 0.25) is 5.02 Å². The Morgan fingerprint density at radius 3 is 2.45 bits per heavy atom. The van der Waals surface area contributed by atoms with Crippen LogP contribution in [0.3, 0.4) is 0 Å². The Morgan fingerprint density at radius 2 is 1.80 bits per heavy atom. The minimum absolute atomic E-state index is 0.107. The molecule has 3 saturated heterocycles. The summed E-state index contributed by atoms with van der Waals surface area (Å²) in [7, 11) is 5.81. The number of alkyl carbamates (subject to hydrolysis) is 1. The first-order valence-electron chi connectivity index (χ1n) is 21.3. The van der Waals surface area contributed by atoms with E-state index in [4.69, 9.17) is 35.3 Å². The lowest BCUT2D eigenvalue weighted by Crippen LogP contribution is -2.63. The zero-order valence-corrected chi connectivity index (χ0v) is 39.4. The Balaban J connectivity index is 1.20. The number of aromatic carboxylic acids is 1. The number of methoxy groups -OCH3 is 2. The summed E-state index contributed by atoms with van der Waals surface area (Å²) in [4.78, 5) is 95.4. The molecule has 0 saturated carbocycles. The third kappa shape index (κ3) is 10.5. The number of hydrogen-bond donors (Lipinski definition) is 2. The van der Waals surface area contributed by atoms with Crippen LogP contribution in [-0.2, 0) is 49.3 Å². The first kappa shape index (κ1) is 50.0. The lowest BCUT2D eigenvalue weighted by molar-refractivity contribution is -0.255. The van der Waals surface area contributed by atoms with E-state index in [0.29, 0.717) is 17.9 Å². The predicted octanol–water partition coefficient (Wildman–Crippen LogP) is 3.33. The fourth-order valence-corrected chi connectivity index (χ4v) is 9.83. The van der Waals surface area contributed by atoms with Gasteiger partial charge in [0.05, 0.1) is 42.2 Å². The number of nitrogens with zero attached hydrogens (tertiary/aromatic N) is 3. The van der Waals surface area contributed by atoms with Gasteiger partial charge in [-0.25, -0.2) is 14.5 Å². The molecule has 2 aromatic carbocycles. The highest BCUT2D eigenvalue weighted by Crippen LogP contribution is 2.49. The predicted molar refractivity (Wildman–Crippen MR) is 240 cm³/mol. The van der Waals surface area contributed by atoms with Crippen molar-refractivity contribution in [2.75, 3.05) is 43.9 Å². The number of carbonyl (C=O) groups excluding carboxylic acids is 7. The zero-order valence-electron chi connectivity index (χ0n) is 37.9. The number of carboxylic acids is 1. The van der Waals surface area contributed by atoms with Crippen LogP contribution in [0, 0.1) is 5.92 Å². The molecule has 20 heteroatoms. The van der Waals surface area contributed by atoms with Crippen LogP contribution in [0.25, 0.3) is 0 Å². The first-order chi connectivity index (χ1) is 31.1. The van der Waals surface area contributed by atoms with Crippen LogP contribution in [0.15, 0.2) is 60.2 Å². The van der Waals surface area contributed by atoms with Crippen LogP contribution < -0.4 is 25.0 Å². The van der Waals surface area contributed by atoms with E-state index in [1.54, 1.807) is 38.1 Å². The molecule has 0 aromatic heterocycles. The lowest BCUT2D eigenvalue weighted by atomic mass is 9.83. The fourth-order valence-electron chi connectivity index (χ4n) is 8.44. The number of allylic oxidation sites excluding steroid dienone is 3. The molecule has 4 aliphatic rings. The summed E-state index contributed by atoms with van der Waals surface area (Å²) in [5.74, 6) is -4.34. The molecule has 2 unspecified atom stereocenters. The van der Waals surface area contributed by atoms with Gasteiger partial charge in [-0.15, -0.1) is 11.8 Å². The largest absolute Gasteiger partial charge is 0.545 e. The normalized spacial score (nSPS) is 29.7. The molecular weight excluding hydrogens is 900 g/mol. The highest BCUT2D eigenvalue weighted by Gasteiger charge is 2.64. The Hall–Kier alpha value is -5.47. The zero-order chi connectivity index (χ0) is 48.4. The number of halogens is 1. The molecule has 5 amide bonds. The number of benzene rings is 2. The number of amides is 5. The Bertz CT molecular complexity index is 2330. The van der Waals surface area contributed by atoms with Crippen molar-refractivity contribution in [2.45, 2.75) is 107 Å². The minimum Gasteiger partial charge on any atom is -0.545 e. The number of thioether (sulfide) groups is 1. The van der Waals surface area contributed by atoms with Crippen molar-refractivity contribution < 1.29 is 67.5 Å². The van der Waals surface area contributed by atoms with E-state index >= 15 is 0 Å². The monoisotopic (exact) mass is 953 g/mol. The van der Waals surface area contributed by atoms with Crippen molar-refractivity contribution >= 4 is 76.4 Å². The second kappa shape index (κ2) is 20.2. The number of carbonyl (C=O) groups is 7. The van der Waals surface area contributed by atoms with Gasteiger partial charge in [-0.2, -0.15) is 0 Å². The van der Waals surface area contributed by atoms with Crippen LogP contribution in [-0.4, -0.2) is 133 Å². The SMILES string of the molecule is COc1cc2cc(c1Cl)N(C)C(=O)C[C@H](OC(=O)[C@H](C)N(C)C(=O)CCSC1CC(=O)N(c3ccc(C(=O)[O-])cc3)C1=O)[C@@]1(C)OC1[C@H](C)[C@@H]1C[C@@](O)(NC(=O)O1)[C@H](OC)/C=C/C=C(\C)C2. The number of esters is 1. The second-order valence-corrected chi connectivity index (χ2v) is 18.8. The Morgan fingerprint density at radius 1 is 1.11 bits per heavy atom. The van der Waals surface area contributed by atoms with Crippen molar-refractivity contribution in [1.82, 2.24) is 10.2 Å². The van der Waals surface area contributed by atoms with E-state index < -0.39 is 101 Å². The van der Waals surface area contributed by atoms with E-state index in [0.717, 1.165) is 27.8 Å². The molecule has 2 N–H and O–H groups in total. The fraction of sp³-hybridized carbons (Fsp3) is 0.500. The van der Waals surface area contributed by atoms with Crippen LogP contribution in [0.1, 0.15) is 69.3 Å². The van der Waals surface area contributed by atoms with Gasteiger partial charge < -0.3 is 48.5 Å². The molecule has 0 aliphatic carbocycles. The number of carboxylic acid groups (broad SMARTS) is 1. The third-order valence-electron chi connectivity index (χ3n) is 12.6. The second-order valence-electron chi connectivity index (χ2n) is 17.1. The summed E-state index contributed by atoms with van der Waals surface area (Å²) in [6, 6.07) is 7.51. The number of rotatable bonds is 11. The summed E-state index contributed by atoms with van der Waals surface area (Å²) in [6.07, 6.45) is 0.0650. The summed E-state index contributed by atoms with van der Waals surface area (Å²) in [5, 5.41) is 24.8. The van der Waals surface area contributed by atoms with Crippen molar-refractivity contribution in [1.29, 1.82) is 0 Å². The number of imide groups is 1. The molecule has 2 aromatic rings. The van der Waals surface area contributed by atoms with Crippen molar-refractivity contribution in [3.63, 3.8) is 0 Å². The van der Waals surface area contributed by atoms with Gasteiger partial charge in [0.2, 0.25) is 23.6 Å². The average Bonchev–Trinajstić information content (AvgIpc) is 3.89. The Kier molecular flexibility index (Phi) is 15.3. The molecular formula is C46H54ClN4O14S-. The number of anilines is 2. The Labute approximate surface area is 391 Å². The molecule has 356 valence electrons. The molecule has 0 radical (unpaired) electrons. The standard InChI is InChI=1S/C46H55ClN4O14S/c1-24-10-9-11-34(62-8)46(60)23-32(63-44(59)48-46)25(2)40-45(4,65-40)35(22-37(53)50(6)30-19-27(18-24)20-31(61-7)39(30)47)64-43(58)26(3)49(5)36(52)16-17-66-33-21-38(54)51(41(33)55)29-14-12-28(13-15-29)42(56)57/h9-15,19-20,25-26,32-35,40,60H,16-18,21-23H2,1-8H3,(H,48,59)(H,56,57)/p-1/b11-9+,24-10+/t25-,26+,32+,33?,34-,35+,40?,45-,46+/m1/s1. The van der Waals surface area contributed by atoms with Gasteiger partial charge in [-0.3, -0.25) is 24.5 Å². The number of epoxide rings is 1. The van der Waals surface area contributed by atoms with Gasteiger partial charge in [0.25, 0.3) is 0 Å². The number of fused-ring (bicyclic) bond motifs is 5. The van der Waals surface area contributed by atoms with E-state index in [1.165, 1.54) is 69.3 Å². The van der Waals surface area contributed by atoms with Crippen LogP contribution in [0.5, 0.6) is 5.75 Å². The molecule has 4 aliphatic heterocycles. The lowest BCUT2D eigenvalue weighted by Gasteiger charge is -2.42. The molecule has 0 spiro atoms. The number of ether oxygens (including phenoxy) is 5. The van der Waals surface area contributed by atoms with Gasteiger partial charge >= 0.3 is 12.1 Å². The molecule has 4 bridgehead atoms. The average molecular weight is 954 g/mol. The van der Waals surface area contributed by atoms with Gasteiger partial charge in [0, 0.05) is 52.1 Å². The van der Waals surface area contributed by atoms with Crippen molar-refractivity contribution in [3.8, 4) is 5.75 Å². The number of nitrogens with one attached hydrogen (secondary N) is 1. The number of likely N-dealkylation sites (N-methyl/N-ethyl adjacent to an activating group) is 1. The maximum Gasteiger partial charge on any atom is 0.409 e. The third-order valence-corrected chi connectivity index (χ3v) is 14.2.